The number of allylic oxidation sites excluding steroid dienone is 1. The summed E-state index contributed by atoms with van der Waals surface area (Å²) in [5, 5.41) is 12.3. The Morgan fingerprint density at radius 3 is 2.30 bits per heavy atom. The monoisotopic (exact) mass is 452 g/mol. The fourth-order valence-corrected chi connectivity index (χ4v) is 3.74. The molecule has 0 unspecified atom stereocenters. The Balaban J connectivity index is 0.00000306. The van der Waals surface area contributed by atoms with Crippen molar-refractivity contribution in [1.82, 2.24) is 0 Å². The first-order valence-corrected chi connectivity index (χ1v) is 10.1. The third kappa shape index (κ3) is 5.30. The second-order valence-electron chi connectivity index (χ2n) is 7.38. The Labute approximate surface area is 214 Å². The third-order valence-electron chi connectivity index (χ3n) is 5.32. The summed E-state index contributed by atoms with van der Waals surface area (Å²) in [4.78, 5) is 25.9. The minimum absolute atomic E-state index is 0. The van der Waals surface area contributed by atoms with Crippen molar-refractivity contribution in [2.24, 2.45) is 0 Å². The second kappa shape index (κ2) is 10.7. The number of carboxylic acids is 1. The number of hydrogen-bond donors (Lipinski definition) is 0. The van der Waals surface area contributed by atoms with Crippen LogP contribution in [-0.4, -0.2) is 25.7 Å². The number of fused-ring (bicyclic) bond motifs is 1. The predicted molar refractivity (Wildman–Crippen MR) is 117 cm³/mol. The number of carbonyl (C=O) groups is 2. The van der Waals surface area contributed by atoms with E-state index in [0.29, 0.717) is 28.4 Å². The van der Waals surface area contributed by atoms with Gasteiger partial charge in [-0.1, -0.05) is 36.4 Å². The first kappa shape index (κ1) is 24.6. The molecule has 33 heavy (non-hydrogen) atoms. The molecule has 0 spiro atoms. The van der Waals surface area contributed by atoms with Gasteiger partial charge in [0.05, 0.1) is 13.1 Å². The molecule has 162 valence electrons. The minimum atomic E-state index is -1.44. The van der Waals surface area contributed by atoms with E-state index in [9.17, 15) is 14.7 Å². The van der Waals surface area contributed by atoms with Gasteiger partial charge >= 0.3 is 29.6 Å². The van der Waals surface area contributed by atoms with E-state index in [1.807, 2.05) is 37.3 Å². The van der Waals surface area contributed by atoms with Crippen molar-refractivity contribution in [2.45, 2.75) is 13.3 Å². The van der Waals surface area contributed by atoms with Gasteiger partial charge < -0.3 is 24.1 Å². The normalized spacial score (nSPS) is 12.4. The summed E-state index contributed by atoms with van der Waals surface area (Å²) < 4.78 is 16.0. The zero-order chi connectivity index (χ0) is 22.7. The Morgan fingerprint density at radius 2 is 1.64 bits per heavy atom. The number of carboxylic acid groups (broad SMARTS) is 1. The van der Waals surface area contributed by atoms with E-state index in [0.717, 1.165) is 11.1 Å². The van der Waals surface area contributed by atoms with E-state index in [2.05, 4.69) is 0 Å². The van der Waals surface area contributed by atoms with Crippen LogP contribution >= 0.6 is 0 Å². The molecule has 7 heteroatoms. The molecule has 6 nitrogen and oxygen atoms in total. The van der Waals surface area contributed by atoms with Crippen molar-refractivity contribution in [2.75, 3.05) is 13.9 Å². The number of benzene rings is 3. The zero-order valence-corrected chi connectivity index (χ0v) is 20.7. The van der Waals surface area contributed by atoms with Crippen LogP contribution in [0, 0.1) is 6.92 Å². The number of ether oxygens (including phenoxy) is 3. The summed E-state index contributed by atoms with van der Waals surface area (Å²) in [7, 11) is 1.55. The van der Waals surface area contributed by atoms with Gasteiger partial charge in [0.1, 0.15) is 5.75 Å². The number of rotatable bonds is 7. The van der Waals surface area contributed by atoms with Crippen LogP contribution in [0.15, 0.2) is 72.3 Å². The van der Waals surface area contributed by atoms with Crippen LogP contribution < -0.4 is 48.9 Å². The van der Waals surface area contributed by atoms with Crippen LogP contribution in [0.25, 0.3) is 5.57 Å². The predicted octanol–water partition coefficient (Wildman–Crippen LogP) is 0.365. The smallest absolute Gasteiger partial charge is 0.545 e. The summed E-state index contributed by atoms with van der Waals surface area (Å²) in [6.07, 6.45) is 0.127. The van der Waals surface area contributed by atoms with Crippen molar-refractivity contribution in [1.29, 1.82) is 0 Å². The van der Waals surface area contributed by atoms with Crippen molar-refractivity contribution in [3.63, 3.8) is 0 Å². The van der Waals surface area contributed by atoms with E-state index < -0.39 is 11.8 Å². The van der Waals surface area contributed by atoms with Crippen LogP contribution in [0.4, 0.5) is 0 Å². The van der Waals surface area contributed by atoms with Crippen LogP contribution in [0.2, 0.25) is 0 Å². The molecule has 0 radical (unpaired) electrons. The van der Waals surface area contributed by atoms with Gasteiger partial charge in [-0.25, -0.2) is 0 Å². The molecule has 4 rings (SSSR count). The topological polar surface area (TPSA) is 84.9 Å². The average Bonchev–Trinajstić information content (AvgIpc) is 3.26. The van der Waals surface area contributed by atoms with Crippen molar-refractivity contribution >= 4 is 17.3 Å². The Bertz CT molecular complexity index is 1220. The Kier molecular flexibility index (Phi) is 7.97. The molecule has 0 aliphatic carbocycles. The van der Waals surface area contributed by atoms with E-state index in [1.165, 1.54) is 0 Å². The zero-order valence-electron chi connectivity index (χ0n) is 18.7. The number of hydrogen-bond acceptors (Lipinski definition) is 6. The summed E-state index contributed by atoms with van der Waals surface area (Å²) in [5.74, 6) is -0.239. The van der Waals surface area contributed by atoms with Gasteiger partial charge in [0, 0.05) is 23.1 Å². The number of methoxy groups -OCH3 is 1. The maximum absolute atomic E-state index is 13.6. The first-order chi connectivity index (χ1) is 15.5. The van der Waals surface area contributed by atoms with Crippen molar-refractivity contribution in [3.05, 3.63) is 94.6 Å². The summed E-state index contributed by atoms with van der Waals surface area (Å²) in [6, 6.07) is 19.0. The van der Waals surface area contributed by atoms with Gasteiger partial charge in [-0.3, -0.25) is 4.79 Å². The van der Waals surface area contributed by atoms with E-state index in [-0.39, 0.29) is 53.9 Å². The number of aliphatic carboxylic acids is 1. The molecule has 0 fully saturated rings. The van der Waals surface area contributed by atoms with E-state index >= 15 is 0 Å². The van der Waals surface area contributed by atoms with E-state index in [1.54, 1.807) is 43.5 Å². The molecular weight excluding hydrogens is 431 g/mol. The summed E-state index contributed by atoms with van der Waals surface area (Å²) >= 11 is 0. The quantitative estimate of drug-likeness (QED) is 0.293. The van der Waals surface area contributed by atoms with Gasteiger partial charge in [-0.2, -0.15) is 0 Å². The Hall–Kier alpha value is -3.06. The average molecular weight is 452 g/mol. The number of ketones is 1. The molecule has 3 aromatic rings. The van der Waals surface area contributed by atoms with Gasteiger partial charge in [0.15, 0.2) is 17.3 Å². The molecule has 0 bridgehead atoms. The summed E-state index contributed by atoms with van der Waals surface area (Å²) in [6.45, 7) is 1.89. The van der Waals surface area contributed by atoms with Gasteiger partial charge in [0.25, 0.3) is 0 Å². The molecule has 0 saturated carbocycles. The number of carbonyl (C=O) groups excluding carboxylic acids is 2. The van der Waals surface area contributed by atoms with Crippen LogP contribution in [0.5, 0.6) is 17.2 Å². The molecule has 1 aliphatic heterocycles. The second-order valence-corrected chi connectivity index (χ2v) is 7.38. The molecule has 0 aromatic heterocycles. The van der Waals surface area contributed by atoms with Crippen molar-refractivity contribution in [3.8, 4) is 17.2 Å². The molecule has 3 aromatic carbocycles. The fraction of sp³-hybridized carbons (Fsp3) is 0.154. The van der Waals surface area contributed by atoms with E-state index in [4.69, 9.17) is 14.2 Å². The summed E-state index contributed by atoms with van der Waals surface area (Å²) in [5.41, 5.74) is 2.22. The van der Waals surface area contributed by atoms with Crippen LogP contribution in [0.3, 0.4) is 0 Å². The number of Topliss-reactive ketones (excluding diaryl/α,β-unsaturated/α-hetero) is 1. The first-order valence-electron chi connectivity index (χ1n) is 10.1. The SMILES string of the molecule is COc1ccc(C(=O)/C(Cc2ccccc2)=C(/C(=O)[O-])c2ccc3c(c2)OCO3)cc1C.[Na+]. The van der Waals surface area contributed by atoms with Crippen molar-refractivity contribution < 1.29 is 58.5 Å². The number of aryl methyl sites for hydroxylation is 1. The van der Waals surface area contributed by atoms with Gasteiger partial charge in [-0.15, -0.1) is 0 Å². The van der Waals surface area contributed by atoms with Crippen LogP contribution in [-0.2, 0) is 11.2 Å². The molecule has 0 atom stereocenters. The fourth-order valence-electron chi connectivity index (χ4n) is 3.74. The molecular formula is C26H21NaO6. The third-order valence-corrected chi connectivity index (χ3v) is 5.32. The van der Waals surface area contributed by atoms with Gasteiger partial charge in [0.2, 0.25) is 6.79 Å². The Morgan fingerprint density at radius 1 is 0.939 bits per heavy atom. The van der Waals surface area contributed by atoms with Crippen LogP contribution in [0.1, 0.15) is 27.0 Å². The van der Waals surface area contributed by atoms with Gasteiger partial charge in [-0.05, 0) is 53.9 Å². The molecule has 0 N–H and O–H groups in total. The maximum Gasteiger partial charge on any atom is 1.00 e. The maximum atomic E-state index is 13.6. The largest absolute Gasteiger partial charge is 1.00 e. The molecule has 1 aliphatic rings. The molecule has 0 amide bonds. The molecule has 0 saturated heterocycles. The minimum Gasteiger partial charge on any atom is -0.545 e. The molecule has 1 heterocycles. The standard InChI is InChI=1S/C26H22O6.Na/c1-16-12-19(9-10-21(16)30-2)25(27)20(13-17-6-4-3-5-7-17)24(26(28)29)18-8-11-22-23(14-18)32-15-31-22;/h3-12,14H,13,15H2,1-2H3,(H,28,29);/q;+1/p-1/b24-20+;.